The maximum atomic E-state index is 9.83. The van der Waals surface area contributed by atoms with Gasteiger partial charge >= 0.3 is 5.97 Å². The zero-order chi connectivity index (χ0) is 6.57. The van der Waals surface area contributed by atoms with E-state index in [-0.39, 0.29) is 0 Å². The van der Waals surface area contributed by atoms with Gasteiger partial charge in [0.1, 0.15) is 0 Å². The fraction of sp³-hybridized carbons (Fsp3) is 0.250. The molecule has 0 saturated carbocycles. The molecule has 0 aromatic rings. The molecule has 3 N–H and O–H groups in total. The number of hydrogen-bond donors (Lipinski definition) is 2. The first-order chi connectivity index (χ1) is 3.66. The standard InChI is InChI=1S/C4H6INO2/c5-3(2-6)1-4(7)8/h1H,2,6H2,(H,7,8)/b3-1+. The van der Waals surface area contributed by atoms with Gasteiger partial charge in [-0.3, -0.25) is 0 Å². The second-order valence-corrected chi connectivity index (χ2v) is 2.52. The van der Waals surface area contributed by atoms with E-state index in [1.54, 1.807) is 0 Å². The SMILES string of the molecule is NC/C(I)=C\C(=O)O. The summed E-state index contributed by atoms with van der Waals surface area (Å²) in [5.41, 5.74) is 5.08. The second kappa shape index (κ2) is 3.85. The molecule has 0 aromatic heterocycles. The van der Waals surface area contributed by atoms with Crippen LogP contribution in [0.15, 0.2) is 9.66 Å². The highest BCUT2D eigenvalue weighted by Crippen LogP contribution is 2.00. The molecule has 0 heterocycles. The first kappa shape index (κ1) is 7.90. The number of carboxylic acids is 1. The van der Waals surface area contributed by atoms with Crippen LogP contribution in [0.2, 0.25) is 0 Å². The van der Waals surface area contributed by atoms with Gasteiger partial charge in [0.15, 0.2) is 0 Å². The molecule has 0 aromatic carbocycles. The molecule has 0 unspecified atom stereocenters. The van der Waals surface area contributed by atoms with Crippen molar-refractivity contribution < 1.29 is 9.90 Å². The number of rotatable bonds is 2. The molecule has 0 atom stereocenters. The van der Waals surface area contributed by atoms with Crippen molar-refractivity contribution >= 4 is 28.6 Å². The van der Waals surface area contributed by atoms with Crippen LogP contribution < -0.4 is 5.73 Å². The molecular formula is C4H6INO2. The molecular weight excluding hydrogens is 221 g/mol. The third-order valence-electron chi connectivity index (χ3n) is 0.475. The van der Waals surface area contributed by atoms with Crippen LogP contribution in [0.5, 0.6) is 0 Å². The van der Waals surface area contributed by atoms with Gasteiger partial charge in [0.25, 0.3) is 0 Å². The number of carboxylic acid groups (broad SMARTS) is 1. The molecule has 0 aliphatic rings. The Morgan fingerprint density at radius 3 is 2.50 bits per heavy atom. The minimum Gasteiger partial charge on any atom is -0.478 e. The zero-order valence-corrected chi connectivity index (χ0v) is 6.25. The Balaban J connectivity index is 3.75. The molecule has 4 heteroatoms. The highest BCUT2D eigenvalue weighted by molar-refractivity contribution is 14.1. The first-order valence-electron chi connectivity index (χ1n) is 1.96. The van der Waals surface area contributed by atoms with E-state index in [1.165, 1.54) is 0 Å². The minimum absolute atomic E-state index is 0.298. The Hall–Kier alpha value is -0.100. The Labute approximate surface area is 60.7 Å². The van der Waals surface area contributed by atoms with Crippen molar-refractivity contribution in [2.75, 3.05) is 6.54 Å². The van der Waals surface area contributed by atoms with E-state index in [9.17, 15) is 4.79 Å². The zero-order valence-electron chi connectivity index (χ0n) is 4.10. The molecule has 0 saturated heterocycles. The van der Waals surface area contributed by atoms with Crippen LogP contribution in [0.25, 0.3) is 0 Å². The molecule has 0 aliphatic heterocycles. The predicted octanol–water partition coefficient (Wildman–Crippen LogP) is 0.349. The second-order valence-electron chi connectivity index (χ2n) is 1.13. The Morgan fingerprint density at radius 1 is 1.88 bits per heavy atom. The minimum atomic E-state index is -0.945. The van der Waals surface area contributed by atoms with Gasteiger partial charge in [-0.05, 0) is 22.6 Å². The summed E-state index contributed by atoms with van der Waals surface area (Å²) in [6.45, 7) is 0.298. The lowest BCUT2D eigenvalue weighted by atomic mass is 10.5. The molecule has 0 aliphatic carbocycles. The molecule has 0 amide bonds. The fourth-order valence-electron chi connectivity index (χ4n) is 0.193. The summed E-state index contributed by atoms with van der Waals surface area (Å²) in [4.78, 5) is 9.83. The predicted molar refractivity (Wildman–Crippen MR) is 38.8 cm³/mol. The first-order valence-corrected chi connectivity index (χ1v) is 3.03. The van der Waals surface area contributed by atoms with Gasteiger partial charge in [0.2, 0.25) is 0 Å². The van der Waals surface area contributed by atoms with Gasteiger partial charge in [-0.25, -0.2) is 4.79 Å². The van der Waals surface area contributed by atoms with E-state index in [0.717, 1.165) is 6.08 Å². The molecule has 0 spiro atoms. The number of nitrogens with two attached hydrogens (primary N) is 1. The van der Waals surface area contributed by atoms with Crippen molar-refractivity contribution in [3.8, 4) is 0 Å². The average Bonchev–Trinajstić information content (AvgIpc) is 1.65. The third kappa shape index (κ3) is 4.07. The van der Waals surface area contributed by atoms with Crippen LogP contribution in [-0.4, -0.2) is 17.6 Å². The van der Waals surface area contributed by atoms with E-state index < -0.39 is 5.97 Å². The monoisotopic (exact) mass is 227 g/mol. The van der Waals surface area contributed by atoms with E-state index in [1.807, 2.05) is 22.6 Å². The van der Waals surface area contributed by atoms with Crippen LogP contribution in [0.4, 0.5) is 0 Å². The van der Waals surface area contributed by atoms with Crippen LogP contribution >= 0.6 is 22.6 Å². The van der Waals surface area contributed by atoms with Gasteiger partial charge in [-0.1, -0.05) is 0 Å². The molecule has 46 valence electrons. The lowest BCUT2D eigenvalue weighted by Gasteiger charge is -1.85. The summed E-state index contributed by atoms with van der Waals surface area (Å²) in [5.74, 6) is -0.945. The highest BCUT2D eigenvalue weighted by atomic mass is 127. The summed E-state index contributed by atoms with van der Waals surface area (Å²) >= 11 is 1.88. The van der Waals surface area contributed by atoms with Crippen molar-refractivity contribution in [2.24, 2.45) is 5.73 Å². The van der Waals surface area contributed by atoms with E-state index >= 15 is 0 Å². The van der Waals surface area contributed by atoms with Gasteiger partial charge in [-0.2, -0.15) is 0 Å². The average molecular weight is 227 g/mol. The quantitative estimate of drug-likeness (QED) is 0.528. The summed E-state index contributed by atoms with van der Waals surface area (Å²) in [6, 6.07) is 0. The van der Waals surface area contributed by atoms with E-state index in [0.29, 0.717) is 10.1 Å². The summed E-state index contributed by atoms with van der Waals surface area (Å²) in [6.07, 6.45) is 1.08. The maximum absolute atomic E-state index is 9.83. The van der Waals surface area contributed by atoms with Gasteiger partial charge in [0.05, 0.1) is 0 Å². The van der Waals surface area contributed by atoms with Crippen molar-refractivity contribution in [1.29, 1.82) is 0 Å². The summed E-state index contributed by atoms with van der Waals surface area (Å²) in [5, 5.41) is 8.08. The van der Waals surface area contributed by atoms with Gasteiger partial charge < -0.3 is 10.8 Å². The molecule has 3 nitrogen and oxygen atoms in total. The number of hydrogen-bond acceptors (Lipinski definition) is 2. The lowest BCUT2D eigenvalue weighted by Crippen LogP contribution is -2.00. The molecule has 0 bridgehead atoms. The molecule has 0 radical (unpaired) electrons. The summed E-state index contributed by atoms with van der Waals surface area (Å²) in [7, 11) is 0. The Bertz CT molecular complexity index is 121. The molecule has 0 fully saturated rings. The number of aliphatic carboxylic acids is 1. The topological polar surface area (TPSA) is 63.3 Å². The smallest absolute Gasteiger partial charge is 0.329 e. The Kier molecular flexibility index (Phi) is 3.80. The van der Waals surface area contributed by atoms with Crippen LogP contribution in [0.3, 0.4) is 0 Å². The van der Waals surface area contributed by atoms with Gasteiger partial charge in [-0.15, -0.1) is 0 Å². The molecule has 0 rings (SSSR count). The highest BCUT2D eigenvalue weighted by Gasteiger charge is 1.90. The van der Waals surface area contributed by atoms with Crippen molar-refractivity contribution in [3.63, 3.8) is 0 Å². The van der Waals surface area contributed by atoms with Crippen LogP contribution in [0, 0.1) is 0 Å². The van der Waals surface area contributed by atoms with Crippen LogP contribution in [0.1, 0.15) is 0 Å². The van der Waals surface area contributed by atoms with E-state index in [4.69, 9.17) is 10.8 Å². The largest absolute Gasteiger partial charge is 0.478 e. The maximum Gasteiger partial charge on any atom is 0.329 e. The summed E-state index contributed by atoms with van der Waals surface area (Å²) < 4.78 is 0.648. The van der Waals surface area contributed by atoms with Crippen LogP contribution in [-0.2, 0) is 4.79 Å². The van der Waals surface area contributed by atoms with E-state index in [2.05, 4.69) is 0 Å². The number of halogens is 1. The third-order valence-corrected chi connectivity index (χ3v) is 1.23. The van der Waals surface area contributed by atoms with Crippen molar-refractivity contribution in [3.05, 3.63) is 9.66 Å². The Morgan fingerprint density at radius 2 is 2.38 bits per heavy atom. The molecule has 8 heavy (non-hydrogen) atoms. The van der Waals surface area contributed by atoms with Crippen molar-refractivity contribution in [2.45, 2.75) is 0 Å². The lowest BCUT2D eigenvalue weighted by molar-refractivity contribution is -0.131. The fourth-order valence-corrected chi connectivity index (χ4v) is 0.459. The van der Waals surface area contributed by atoms with Gasteiger partial charge in [0, 0.05) is 16.2 Å². The number of carbonyl (C=O) groups is 1. The normalized spacial score (nSPS) is 11.5. The van der Waals surface area contributed by atoms with Crippen molar-refractivity contribution in [1.82, 2.24) is 0 Å².